The molecular formula is C21H31N3O3S. The van der Waals surface area contributed by atoms with Crippen molar-refractivity contribution < 1.29 is 14.3 Å². The van der Waals surface area contributed by atoms with E-state index in [1.54, 1.807) is 19.2 Å². The number of nitrogens with one attached hydrogen (secondary N) is 1. The lowest BCUT2D eigenvalue weighted by atomic mass is 9.89. The second-order valence-electron chi connectivity index (χ2n) is 7.57. The van der Waals surface area contributed by atoms with Gasteiger partial charge in [0.25, 0.3) is 0 Å². The highest BCUT2D eigenvalue weighted by Crippen LogP contribution is 2.31. The zero-order valence-corrected chi connectivity index (χ0v) is 17.5. The largest absolute Gasteiger partial charge is 0.463 e. The minimum Gasteiger partial charge on any atom is -0.463 e. The zero-order valence-electron chi connectivity index (χ0n) is 16.7. The Balaban J connectivity index is 1.65. The third-order valence-corrected chi connectivity index (χ3v) is 6.46. The van der Waals surface area contributed by atoms with E-state index >= 15 is 0 Å². The minimum absolute atomic E-state index is 0.0194. The molecule has 2 saturated carbocycles. The summed E-state index contributed by atoms with van der Waals surface area (Å²) in [5, 5.41) is 3.59. The normalized spacial score (nSPS) is 18.9. The number of rotatable bonds is 6. The summed E-state index contributed by atoms with van der Waals surface area (Å²) in [5.74, 6) is -0.373. The fourth-order valence-corrected chi connectivity index (χ4v) is 4.97. The Morgan fingerprint density at radius 1 is 1.14 bits per heavy atom. The molecule has 0 aromatic carbocycles. The number of anilines is 1. The molecule has 6 nitrogen and oxygen atoms in total. The summed E-state index contributed by atoms with van der Waals surface area (Å²) >= 11 is 1.37. The summed E-state index contributed by atoms with van der Waals surface area (Å²) in [6.07, 6.45) is 16.5. The number of hydrogen-bond donors (Lipinski definition) is 1. The second-order valence-corrected chi connectivity index (χ2v) is 8.64. The Labute approximate surface area is 171 Å². The van der Waals surface area contributed by atoms with Gasteiger partial charge < -0.3 is 9.64 Å². The monoisotopic (exact) mass is 405 g/mol. The van der Waals surface area contributed by atoms with Gasteiger partial charge in [0.05, 0.1) is 6.61 Å². The first-order valence-corrected chi connectivity index (χ1v) is 11.4. The molecule has 1 aromatic heterocycles. The first-order chi connectivity index (χ1) is 13.7. The molecule has 0 radical (unpaired) electrons. The molecule has 0 spiro atoms. The van der Waals surface area contributed by atoms with Crippen molar-refractivity contribution in [3.63, 3.8) is 0 Å². The maximum atomic E-state index is 13.2. The molecule has 1 heterocycles. The summed E-state index contributed by atoms with van der Waals surface area (Å²) in [4.78, 5) is 31.9. The number of esters is 1. The van der Waals surface area contributed by atoms with Crippen LogP contribution in [0.15, 0.2) is 12.3 Å². The number of urea groups is 1. The average molecular weight is 406 g/mol. The van der Waals surface area contributed by atoms with Crippen LogP contribution >= 0.6 is 11.3 Å². The molecule has 2 amide bonds. The van der Waals surface area contributed by atoms with Gasteiger partial charge in [0.2, 0.25) is 0 Å². The van der Waals surface area contributed by atoms with Crippen molar-refractivity contribution >= 4 is 34.5 Å². The highest BCUT2D eigenvalue weighted by Gasteiger charge is 2.32. The Bertz CT molecular complexity index is 658. The molecule has 1 N–H and O–H groups in total. The summed E-state index contributed by atoms with van der Waals surface area (Å²) in [6, 6.07) is 0.675. The summed E-state index contributed by atoms with van der Waals surface area (Å²) in [5.41, 5.74) is 0. The van der Waals surface area contributed by atoms with Crippen molar-refractivity contribution in [3.05, 3.63) is 17.2 Å². The SMILES string of the molecule is CCOC(=O)/C=C/c1cnc(NC(=O)N(C2CCCCC2)C2CCCCC2)s1. The predicted octanol–water partition coefficient (Wildman–Crippen LogP) is 5.22. The van der Waals surface area contributed by atoms with Gasteiger partial charge in [0, 0.05) is 29.2 Å². The maximum absolute atomic E-state index is 13.2. The third-order valence-electron chi connectivity index (χ3n) is 5.58. The quantitative estimate of drug-likeness (QED) is 0.520. The van der Waals surface area contributed by atoms with E-state index in [9.17, 15) is 9.59 Å². The predicted molar refractivity (Wildman–Crippen MR) is 112 cm³/mol. The van der Waals surface area contributed by atoms with Crippen LogP contribution < -0.4 is 5.32 Å². The van der Waals surface area contributed by atoms with Crippen molar-refractivity contribution in [1.29, 1.82) is 0 Å². The number of thiazole rings is 1. The summed E-state index contributed by atoms with van der Waals surface area (Å²) < 4.78 is 4.88. The molecule has 0 saturated heterocycles. The summed E-state index contributed by atoms with van der Waals surface area (Å²) in [6.45, 7) is 2.13. The molecule has 0 aliphatic heterocycles. The number of ether oxygens (including phenoxy) is 1. The van der Waals surface area contributed by atoms with Crippen molar-refractivity contribution in [2.24, 2.45) is 0 Å². The van der Waals surface area contributed by atoms with Gasteiger partial charge in [-0.1, -0.05) is 49.9 Å². The topological polar surface area (TPSA) is 71.5 Å². The van der Waals surface area contributed by atoms with E-state index in [4.69, 9.17) is 4.74 Å². The lowest BCUT2D eigenvalue weighted by Crippen LogP contribution is -2.50. The number of carbonyl (C=O) groups is 2. The van der Waals surface area contributed by atoms with Crippen LogP contribution in [0.5, 0.6) is 0 Å². The van der Waals surface area contributed by atoms with E-state index in [2.05, 4.69) is 15.2 Å². The van der Waals surface area contributed by atoms with Crippen LogP contribution in [0, 0.1) is 0 Å². The van der Waals surface area contributed by atoms with Crippen LogP contribution in [0.1, 0.15) is 76.0 Å². The Morgan fingerprint density at radius 2 is 1.75 bits per heavy atom. The molecule has 2 aliphatic rings. The number of amides is 2. The lowest BCUT2D eigenvalue weighted by molar-refractivity contribution is -0.137. The Hall–Kier alpha value is -1.89. The van der Waals surface area contributed by atoms with E-state index in [-0.39, 0.29) is 12.0 Å². The molecule has 2 aliphatic carbocycles. The number of carbonyl (C=O) groups excluding carboxylic acids is 2. The van der Waals surface area contributed by atoms with Gasteiger partial charge in [0.15, 0.2) is 5.13 Å². The number of hydrogen-bond acceptors (Lipinski definition) is 5. The molecule has 2 fully saturated rings. The van der Waals surface area contributed by atoms with Crippen LogP contribution in [0.25, 0.3) is 6.08 Å². The van der Waals surface area contributed by atoms with Gasteiger partial charge in [-0.3, -0.25) is 5.32 Å². The molecule has 0 atom stereocenters. The van der Waals surface area contributed by atoms with E-state index in [0.29, 0.717) is 23.8 Å². The van der Waals surface area contributed by atoms with E-state index in [1.807, 2.05) is 0 Å². The summed E-state index contributed by atoms with van der Waals surface area (Å²) in [7, 11) is 0. The van der Waals surface area contributed by atoms with Gasteiger partial charge in [-0.15, -0.1) is 0 Å². The first-order valence-electron chi connectivity index (χ1n) is 10.6. The highest BCUT2D eigenvalue weighted by molar-refractivity contribution is 7.16. The van der Waals surface area contributed by atoms with E-state index in [0.717, 1.165) is 30.6 Å². The van der Waals surface area contributed by atoms with Gasteiger partial charge in [-0.2, -0.15) is 0 Å². The van der Waals surface area contributed by atoms with Crippen LogP contribution in [0.4, 0.5) is 9.93 Å². The number of aromatic nitrogens is 1. The molecule has 1 aromatic rings. The molecule has 154 valence electrons. The molecule has 0 bridgehead atoms. The Morgan fingerprint density at radius 3 is 2.32 bits per heavy atom. The van der Waals surface area contributed by atoms with Gasteiger partial charge in [-0.25, -0.2) is 14.6 Å². The lowest BCUT2D eigenvalue weighted by Gasteiger charge is -2.41. The third kappa shape index (κ3) is 5.80. The zero-order chi connectivity index (χ0) is 19.8. The maximum Gasteiger partial charge on any atom is 0.330 e. The highest BCUT2D eigenvalue weighted by atomic mass is 32.1. The minimum atomic E-state index is -0.373. The van der Waals surface area contributed by atoms with Crippen LogP contribution in [0.2, 0.25) is 0 Å². The first kappa shape index (κ1) is 20.8. The average Bonchev–Trinajstić information content (AvgIpc) is 3.16. The van der Waals surface area contributed by atoms with E-state index in [1.165, 1.54) is 55.9 Å². The fraction of sp³-hybridized carbons (Fsp3) is 0.667. The van der Waals surface area contributed by atoms with Crippen molar-refractivity contribution in [2.45, 2.75) is 83.2 Å². The Kier molecular flexibility index (Phi) is 7.89. The van der Waals surface area contributed by atoms with Gasteiger partial charge in [0.1, 0.15) is 0 Å². The van der Waals surface area contributed by atoms with Crippen LogP contribution in [-0.2, 0) is 9.53 Å². The molecule has 7 heteroatoms. The van der Waals surface area contributed by atoms with Crippen LogP contribution in [-0.4, -0.2) is 40.6 Å². The van der Waals surface area contributed by atoms with Gasteiger partial charge >= 0.3 is 12.0 Å². The van der Waals surface area contributed by atoms with Crippen molar-refractivity contribution in [2.75, 3.05) is 11.9 Å². The van der Waals surface area contributed by atoms with Crippen LogP contribution in [0.3, 0.4) is 0 Å². The standard InChI is InChI=1S/C21H31N3O3S/c1-2-27-19(25)14-13-18-15-22-20(28-18)23-21(26)24(16-9-5-3-6-10-16)17-11-7-4-8-12-17/h13-17H,2-12H2,1H3,(H,22,23,26)/b14-13+. The van der Waals surface area contributed by atoms with Gasteiger partial charge in [-0.05, 0) is 38.7 Å². The molecular weight excluding hydrogens is 374 g/mol. The second kappa shape index (κ2) is 10.6. The smallest absolute Gasteiger partial charge is 0.330 e. The van der Waals surface area contributed by atoms with E-state index < -0.39 is 0 Å². The van der Waals surface area contributed by atoms with Crippen molar-refractivity contribution in [3.8, 4) is 0 Å². The van der Waals surface area contributed by atoms with Crippen molar-refractivity contribution in [1.82, 2.24) is 9.88 Å². The molecule has 0 unspecified atom stereocenters. The fourth-order valence-electron chi connectivity index (χ4n) is 4.27. The molecule has 28 heavy (non-hydrogen) atoms. The number of nitrogens with zero attached hydrogens (tertiary/aromatic N) is 2. The molecule has 3 rings (SSSR count).